The van der Waals surface area contributed by atoms with Crippen molar-refractivity contribution in [2.75, 3.05) is 26.2 Å². The lowest BCUT2D eigenvalue weighted by atomic mass is 10.0. The Morgan fingerprint density at radius 2 is 1.97 bits per heavy atom. The van der Waals surface area contributed by atoms with Crippen molar-refractivity contribution in [1.82, 2.24) is 19.8 Å². The topological polar surface area (TPSA) is 59.4 Å². The lowest BCUT2D eigenvalue weighted by Gasteiger charge is -2.33. The van der Waals surface area contributed by atoms with Gasteiger partial charge in [0, 0.05) is 26.2 Å². The van der Waals surface area contributed by atoms with E-state index in [0.29, 0.717) is 6.54 Å². The van der Waals surface area contributed by atoms with Crippen LogP contribution >= 0.6 is 0 Å². The van der Waals surface area contributed by atoms with Gasteiger partial charge in [-0.2, -0.15) is 0 Å². The molecule has 1 aromatic heterocycles. The maximum Gasteiger partial charge on any atom is 0.246 e. The van der Waals surface area contributed by atoms with Crippen LogP contribution in [0.4, 0.5) is 0 Å². The van der Waals surface area contributed by atoms with Crippen LogP contribution in [-0.2, 0) is 22.6 Å². The smallest absolute Gasteiger partial charge is 0.246 e. The summed E-state index contributed by atoms with van der Waals surface area (Å²) < 4.78 is 8.25. The third-order valence-electron chi connectivity index (χ3n) is 6.07. The van der Waals surface area contributed by atoms with Gasteiger partial charge in [-0.15, -0.1) is 0 Å². The zero-order chi connectivity index (χ0) is 19.8. The van der Waals surface area contributed by atoms with Crippen molar-refractivity contribution in [2.45, 2.75) is 32.0 Å². The van der Waals surface area contributed by atoms with Gasteiger partial charge in [0.1, 0.15) is 12.4 Å². The molecule has 0 bridgehead atoms. The summed E-state index contributed by atoms with van der Waals surface area (Å²) in [5, 5.41) is 2.96. The fraction of sp³-hybridized carbons (Fsp3) is 0.391. The number of rotatable bonds is 4. The van der Waals surface area contributed by atoms with Crippen LogP contribution in [0.5, 0.6) is 0 Å². The van der Waals surface area contributed by atoms with E-state index in [9.17, 15) is 4.79 Å². The van der Waals surface area contributed by atoms with E-state index in [4.69, 9.17) is 9.72 Å². The molecule has 0 aliphatic carbocycles. The monoisotopic (exact) mass is 390 g/mol. The van der Waals surface area contributed by atoms with Crippen LogP contribution in [-0.4, -0.2) is 52.2 Å². The number of fused-ring (bicyclic) bond motifs is 1. The number of nitrogens with one attached hydrogen (secondary N) is 1. The van der Waals surface area contributed by atoms with Gasteiger partial charge in [-0.1, -0.05) is 42.0 Å². The number of aryl methyl sites for hydroxylation is 1. The van der Waals surface area contributed by atoms with Gasteiger partial charge in [-0.25, -0.2) is 4.98 Å². The molecule has 1 unspecified atom stereocenters. The number of likely N-dealkylation sites (tertiary alicyclic amines) is 1. The minimum atomic E-state index is -0.248. The summed E-state index contributed by atoms with van der Waals surface area (Å²) in [5.74, 6) is 1.05. The zero-order valence-corrected chi connectivity index (χ0v) is 16.7. The minimum Gasteiger partial charge on any atom is -0.362 e. The van der Waals surface area contributed by atoms with Crippen molar-refractivity contribution in [3.05, 3.63) is 65.5 Å². The molecular formula is C23H26N4O2. The van der Waals surface area contributed by atoms with Crippen molar-refractivity contribution in [3.8, 4) is 0 Å². The second kappa shape index (κ2) is 7.28. The molecule has 6 heteroatoms. The number of carbonyl (C=O) groups excluding carboxylic acids is 1. The molecule has 2 aliphatic rings. The van der Waals surface area contributed by atoms with Gasteiger partial charge in [0.2, 0.25) is 5.91 Å². The van der Waals surface area contributed by atoms with E-state index in [0.717, 1.165) is 49.5 Å². The van der Waals surface area contributed by atoms with Crippen molar-refractivity contribution >= 4 is 16.9 Å². The van der Waals surface area contributed by atoms with E-state index in [1.165, 1.54) is 11.1 Å². The van der Waals surface area contributed by atoms with Gasteiger partial charge < -0.3 is 14.6 Å². The molecule has 150 valence electrons. The molecule has 1 amide bonds. The molecule has 2 fully saturated rings. The average Bonchev–Trinajstić information content (AvgIpc) is 3.28. The van der Waals surface area contributed by atoms with Crippen LogP contribution in [0.2, 0.25) is 0 Å². The molecule has 2 saturated heterocycles. The Morgan fingerprint density at radius 3 is 2.76 bits per heavy atom. The van der Waals surface area contributed by atoms with Crippen LogP contribution < -0.4 is 5.32 Å². The third-order valence-corrected chi connectivity index (χ3v) is 6.07. The van der Waals surface area contributed by atoms with Crippen molar-refractivity contribution < 1.29 is 9.53 Å². The summed E-state index contributed by atoms with van der Waals surface area (Å²) in [6.07, 6.45) is 0.936. The lowest BCUT2D eigenvalue weighted by molar-refractivity contribution is -0.142. The number of benzene rings is 2. The van der Waals surface area contributed by atoms with E-state index in [1.807, 2.05) is 6.07 Å². The first-order chi connectivity index (χ1) is 14.1. The summed E-state index contributed by atoms with van der Waals surface area (Å²) >= 11 is 0. The fourth-order valence-corrected chi connectivity index (χ4v) is 4.40. The highest BCUT2D eigenvalue weighted by Crippen LogP contribution is 2.28. The molecule has 6 nitrogen and oxygen atoms in total. The van der Waals surface area contributed by atoms with E-state index in [2.05, 4.69) is 64.2 Å². The van der Waals surface area contributed by atoms with Crippen LogP contribution in [0.3, 0.4) is 0 Å². The number of carbonyl (C=O) groups is 1. The lowest BCUT2D eigenvalue weighted by Crippen LogP contribution is -2.53. The highest BCUT2D eigenvalue weighted by molar-refractivity contribution is 5.78. The number of aromatic nitrogens is 2. The molecule has 2 aliphatic heterocycles. The molecule has 3 heterocycles. The first kappa shape index (κ1) is 18.3. The van der Waals surface area contributed by atoms with Gasteiger partial charge in [-0.3, -0.25) is 9.69 Å². The molecule has 1 spiro atoms. The predicted octanol–water partition coefficient (Wildman–Crippen LogP) is 2.48. The number of para-hydroxylation sites is 2. The SMILES string of the molecule is Cc1ccc(Cn2c(CN3CCC4(CNC(=O)CO4)C3)nc3ccccc32)cc1. The van der Waals surface area contributed by atoms with Crippen molar-refractivity contribution in [2.24, 2.45) is 0 Å². The number of hydrogen-bond acceptors (Lipinski definition) is 4. The molecule has 1 atom stereocenters. The Morgan fingerprint density at radius 1 is 1.14 bits per heavy atom. The summed E-state index contributed by atoms with van der Waals surface area (Å²) in [5.41, 5.74) is 4.49. The Bertz CT molecular complexity index is 1030. The summed E-state index contributed by atoms with van der Waals surface area (Å²) in [6.45, 7) is 6.23. The van der Waals surface area contributed by atoms with Gasteiger partial charge >= 0.3 is 0 Å². The predicted molar refractivity (Wildman–Crippen MR) is 112 cm³/mol. The Kier molecular flexibility index (Phi) is 4.60. The molecular weight excluding hydrogens is 364 g/mol. The van der Waals surface area contributed by atoms with E-state index in [-0.39, 0.29) is 18.1 Å². The molecule has 0 radical (unpaired) electrons. The standard InChI is InChI=1S/C23H26N4O2/c1-17-6-8-18(9-7-17)12-27-20-5-3-2-4-19(20)25-21(27)13-26-11-10-23(16-26)15-24-22(28)14-29-23/h2-9H,10-16H2,1H3,(H,24,28). The molecule has 3 aromatic rings. The number of nitrogens with zero attached hydrogens (tertiary/aromatic N) is 3. The zero-order valence-electron chi connectivity index (χ0n) is 16.7. The molecule has 1 N–H and O–H groups in total. The van der Waals surface area contributed by atoms with Crippen molar-refractivity contribution in [3.63, 3.8) is 0 Å². The number of amides is 1. The van der Waals surface area contributed by atoms with E-state index in [1.54, 1.807) is 0 Å². The maximum absolute atomic E-state index is 11.5. The van der Waals surface area contributed by atoms with Crippen LogP contribution in [0.15, 0.2) is 48.5 Å². The summed E-state index contributed by atoms with van der Waals surface area (Å²) in [4.78, 5) is 18.8. The maximum atomic E-state index is 11.5. The second-order valence-electron chi connectivity index (χ2n) is 8.30. The number of imidazole rings is 1. The van der Waals surface area contributed by atoms with Gasteiger partial charge in [0.15, 0.2) is 0 Å². The Hall–Kier alpha value is -2.70. The minimum absolute atomic E-state index is 0.0195. The normalized spacial score (nSPS) is 22.4. The highest BCUT2D eigenvalue weighted by Gasteiger charge is 2.42. The molecule has 5 rings (SSSR count). The van der Waals surface area contributed by atoms with E-state index < -0.39 is 0 Å². The Balaban J connectivity index is 1.40. The van der Waals surface area contributed by atoms with Crippen LogP contribution in [0.1, 0.15) is 23.4 Å². The van der Waals surface area contributed by atoms with Gasteiger partial charge in [0.05, 0.1) is 23.2 Å². The largest absolute Gasteiger partial charge is 0.362 e. The van der Waals surface area contributed by atoms with Gasteiger partial charge in [-0.05, 0) is 31.0 Å². The molecule has 29 heavy (non-hydrogen) atoms. The second-order valence-corrected chi connectivity index (χ2v) is 8.30. The van der Waals surface area contributed by atoms with Crippen LogP contribution in [0, 0.1) is 6.92 Å². The average molecular weight is 390 g/mol. The van der Waals surface area contributed by atoms with E-state index >= 15 is 0 Å². The highest BCUT2D eigenvalue weighted by atomic mass is 16.5. The fourth-order valence-electron chi connectivity index (χ4n) is 4.40. The first-order valence-electron chi connectivity index (χ1n) is 10.2. The number of morpholine rings is 1. The summed E-state index contributed by atoms with van der Waals surface area (Å²) in [6, 6.07) is 17.0. The van der Waals surface area contributed by atoms with Gasteiger partial charge in [0.25, 0.3) is 0 Å². The first-order valence-corrected chi connectivity index (χ1v) is 10.2. The molecule has 0 saturated carbocycles. The van der Waals surface area contributed by atoms with Crippen LogP contribution in [0.25, 0.3) is 11.0 Å². The third kappa shape index (κ3) is 3.66. The summed E-state index contributed by atoms with van der Waals surface area (Å²) in [7, 11) is 0. The number of ether oxygens (including phenoxy) is 1. The number of hydrogen-bond donors (Lipinski definition) is 1. The van der Waals surface area contributed by atoms with Crippen molar-refractivity contribution in [1.29, 1.82) is 0 Å². The quantitative estimate of drug-likeness (QED) is 0.744. The molecule has 2 aromatic carbocycles. The Labute approximate surface area is 170 Å².